The Hall–Kier alpha value is -1.72. The smallest absolute Gasteiger partial charge is 0.229 e. The number of nitrogens with zero attached hydrogens (tertiary/aromatic N) is 1. The predicted octanol–water partition coefficient (Wildman–Crippen LogP) is 1.61. The number of carbonyl (C=O) groups is 2. The van der Waals surface area contributed by atoms with Crippen LogP contribution in [0.2, 0.25) is 0 Å². The van der Waals surface area contributed by atoms with Crippen molar-refractivity contribution in [3.8, 4) is 0 Å². The molecule has 1 fully saturated rings. The molecule has 0 unspecified atom stereocenters. The minimum absolute atomic E-state index is 0.0768. The molecular formula is C15H21NO4. The highest BCUT2D eigenvalue weighted by molar-refractivity contribution is 6.01. The van der Waals surface area contributed by atoms with Crippen molar-refractivity contribution in [1.82, 2.24) is 4.90 Å². The van der Waals surface area contributed by atoms with Gasteiger partial charge in [0.25, 0.3) is 0 Å². The van der Waals surface area contributed by atoms with Gasteiger partial charge >= 0.3 is 0 Å². The lowest BCUT2D eigenvalue weighted by molar-refractivity contribution is -0.139. The number of methoxy groups -OCH3 is 2. The van der Waals surface area contributed by atoms with E-state index in [9.17, 15) is 9.59 Å². The number of carbonyl (C=O) groups excluding carboxylic acids is 2. The number of rotatable bonds is 5. The quantitative estimate of drug-likeness (QED) is 0.768. The fraction of sp³-hybridized carbons (Fsp3) is 0.467. The summed E-state index contributed by atoms with van der Waals surface area (Å²) in [5.41, 5.74) is 1.22. The number of amides is 2. The van der Waals surface area contributed by atoms with E-state index < -0.39 is 0 Å². The molecule has 1 aromatic carbocycles. The minimum Gasteiger partial charge on any atom is -0.383 e. The van der Waals surface area contributed by atoms with E-state index in [0.29, 0.717) is 32.6 Å². The van der Waals surface area contributed by atoms with Gasteiger partial charge in [0, 0.05) is 27.1 Å². The maximum Gasteiger partial charge on any atom is 0.229 e. The van der Waals surface area contributed by atoms with Gasteiger partial charge in [-0.3, -0.25) is 14.5 Å². The van der Waals surface area contributed by atoms with E-state index in [2.05, 4.69) is 0 Å². The van der Waals surface area contributed by atoms with Crippen LogP contribution in [0, 0.1) is 0 Å². The van der Waals surface area contributed by atoms with Crippen molar-refractivity contribution < 1.29 is 19.1 Å². The second kappa shape index (κ2) is 9.23. The molecule has 0 aliphatic carbocycles. The molecule has 2 amide bonds. The minimum atomic E-state index is -0.0768. The normalized spacial score (nSPS) is 14.2. The van der Waals surface area contributed by atoms with Gasteiger partial charge in [-0.05, 0) is 5.56 Å². The summed E-state index contributed by atoms with van der Waals surface area (Å²) in [5.74, 6) is -0.154. The van der Waals surface area contributed by atoms with Crippen LogP contribution in [0.3, 0.4) is 0 Å². The Kier molecular flexibility index (Phi) is 7.54. The van der Waals surface area contributed by atoms with Gasteiger partial charge in [0.2, 0.25) is 11.8 Å². The Bertz CT molecular complexity index is 403. The zero-order valence-electron chi connectivity index (χ0n) is 12.0. The molecule has 0 saturated carbocycles. The second-order valence-electron chi connectivity index (χ2n) is 4.35. The molecule has 5 nitrogen and oxygen atoms in total. The number of hydrogen-bond acceptors (Lipinski definition) is 4. The van der Waals surface area contributed by atoms with Crippen molar-refractivity contribution in [2.75, 3.05) is 27.4 Å². The lowest BCUT2D eigenvalue weighted by Gasteiger charge is -2.11. The van der Waals surface area contributed by atoms with Gasteiger partial charge in [0.15, 0.2) is 0 Å². The van der Waals surface area contributed by atoms with Crippen LogP contribution < -0.4 is 0 Å². The van der Waals surface area contributed by atoms with E-state index in [-0.39, 0.29) is 11.8 Å². The van der Waals surface area contributed by atoms with Crippen LogP contribution in [0.25, 0.3) is 0 Å². The topological polar surface area (TPSA) is 55.8 Å². The molecule has 0 radical (unpaired) electrons. The first-order chi connectivity index (χ1) is 9.69. The first-order valence-corrected chi connectivity index (χ1v) is 6.54. The average Bonchev–Trinajstić information content (AvgIpc) is 2.78. The van der Waals surface area contributed by atoms with E-state index in [4.69, 9.17) is 9.47 Å². The molecule has 0 aromatic heterocycles. The highest BCUT2D eigenvalue weighted by Gasteiger charge is 2.27. The lowest BCUT2D eigenvalue weighted by Crippen LogP contribution is -2.32. The van der Waals surface area contributed by atoms with Crippen LogP contribution in [-0.2, 0) is 25.7 Å². The molecule has 0 atom stereocenters. The number of benzene rings is 1. The zero-order valence-corrected chi connectivity index (χ0v) is 12.0. The highest BCUT2D eigenvalue weighted by atomic mass is 16.5. The van der Waals surface area contributed by atoms with Crippen molar-refractivity contribution in [2.24, 2.45) is 0 Å². The third-order valence-corrected chi connectivity index (χ3v) is 2.83. The predicted molar refractivity (Wildman–Crippen MR) is 75.0 cm³/mol. The third-order valence-electron chi connectivity index (χ3n) is 2.83. The maximum atomic E-state index is 10.9. The zero-order chi connectivity index (χ0) is 14.8. The molecule has 0 bridgehead atoms. The van der Waals surface area contributed by atoms with E-state index in [1.165, 1.54) is 10.5 Å². The number of hydrogen-bond donors (Lipinski definition) is 0. The number of imide groups is 1. The van der Waals surface area contributed by atoms with Gasteiger partial charge in [0.1, 0.15) is 0 Å². The first-order valence-electron chi connectivity index (χ1n) is 6.54. The van der Waals surface area contributed by atoms with Crippen LogP contribution in [-0.4, -0.2) is 44.1 Å². The van der Waals surface area contributed by atoms with Crippen LogP contribution in [0.1, 0.15) is 18.4 Å². The molecule has 0 spiro atoms. The molecule has 1 aromatic rings. The van der Waals surface area contributed by atoms with Gasteiger partial charge in [-0.25, -0.2) is 0 Å². The standard InChI is InChI=1S/C8H10O.C7H11NO3/c1-9-7-8-5-3-2-4-6-8;1-11-5-4-8-6(9)2-3-7(8)10/h2-6H,7H2,1H3;2-5H2,1H3. The summed E-state index contributed by atoms with van der Waals surface area (Å²) in [7, 11) is 3.25. The van der Waals surface area contributed by atoms with Crippen LogP contribution in [0.4, 0.5) is 0 Å². The Balaban J connectivity index is 0.000000204. The highest BCUT2D eigenvalue weighted by Crippen LogP contribution is 2.10. The van der Waals surface area contributed by atoms with Crippen LogP contribution >= 0.6 is 0 Å². The van der Waals surface area contributed by atoms with Gasteiger partial charge in [0.05, 0.1) is 19.8 Å². The molecule has 1 heterocycles. The molecule has 2 rings (SSSR count). The Morgan fingerprint density at radius 3 is 2.10 bits per heavy atom. The lowest BCUT2D eigenvalue weighted by atomic mass is 10.2. The Morgan fingerprint density at radius 2 is 1.60 bits per heavy atom. The first kappa shape index (κ1) is 16.3. The summed E-state index contributed by atoms with van der Waals surface area (Å²) < 4.78 is 9.68. The summed E-state index contributed by atoms with van der Waals surface area (Å²) in [5, 5.41) is 0. The SMILES string of the molecule is COCCN1C(=O)CCC1=O.COCc1ccccc1. The van der Waals surface area contributed by atoms with E-state index >= 15 is 0 Å². The fourth-order valence-corrected chi connectivity index (χ4v) is 1.80. The third kappa shape index (κ3) is 5.50. The molecule has 5 heteroatoms. The molecule has 110 valence electrons. The summed E-state index contributed by atoms with van der Waals surface area (Å²) in [6.45, 7) is 1.53. The van der Waals surface area contributed by atoms with Gasteiger partial charge in [-0.1, -0.05) is 30.3 Å². The summed E-state index contributed by atoms with van der Waals surface area (Å²) in [6, 6.07) is 10.1. The molecule has 0 N–H and O–H groups in total. The molecule has 20 heavy (non-hydrogen) atoms. The van der Waals surface area contributed by atoms with Crippen molar-refractivity contribution in [1.29, 1.82) is 0 Å². The van der Waals surface area contributed by atoms with Gasteiger partial charge in [-0.15, -0.1) is 0 Å². The number of ether oxygens (including phenoxy) is 2. The van der Waals surface area contributed by atoms with Gasteiger partial charge in [-0.2, -0.15) is 0 Å². The summed E-state index contributed by atoms with van der Waals surface area (Å²) >= 11 is 0. The molecule has 1 saturated heterocycles. The molecule has 1 aliphatic heterocycles. The molecule has 1 aliphatic rings. The molecular weight excluding hydrogens is 258 g/mol. The van der Waals surface area contributed by atoms with Crippen molar-refractivity contribution in [3.63, 3.8) is 0 Å². The Labute approximate surface area is 119 Å². The van der Waals surface area contributed by atoms with Crippen molar-refractivity contribution in [2.45, 2.75) is 19.4 Å². The summed E-state index contributed by atoms with van der Waals surface area (Å²) in [6.07, 6.45) is 0.727. The maximum absolute atomic E-state index is 10.9. The van der Waals surface area contributed by atoms with Crippen molar-refractivity contribution in [3.05, 3.63) is 35.9 Å². The van der Waals surface area contributed by atoms with E-state index in [1.54, 1.807) is 14.2 Å². The number of likely N-dealkylation sites (tertiary alicyclic amines) is 1. The fourth-order valence-electron chi connectivity index (χ4n) is 1.80. The van der Waals surface area contributed by atoms with Crippen LogP contribution in [0.5, 0.6) is 0 Å². The average molecular weight is 279 g/mol. The van der Waals surface area contributed by atoms with E-state index in [0.717, 1.165) is 0 Å². The monoisotopic (exact) mass is 279 g/mol. The van der Waals surface area contributed by atoms with Crippen LogP contribution in [0.15, 0.2) is 30.3 Å². The second-order valence-corrected chi connectivity index (χ2v) is 4.35. The summed E-state index contributed by atoms with van der Waals surface area (Å²) in [4.78, 5) is 23.1. The van der Waals surface area contributed by atoms with Gasteiger partial charge < -0.3 is 9.47 Å². The van der Waals surface area contributed by atoms with E-state index in [1.807, 2.05) is 30.3 Å². The van der Waals surface area contributed by atoms with Crippen molar-refractivity contribution >= 4 is 11.8 Å². The Morgan fingerprint density at radius 1 is 1.00 bits per heavy atom. The largest absolute Gasteiger partial charge is 0.383 e.